The quantitative estimate of drug-likeness (QED) is 0.411. The fourth-order valence-corrected chi connectivity index (χ4v) is 3.08. The van der Waals surface area contributed by atoms with Gasteiger partial charge in [0.2, 0.25) is 11.6 Å². The number of rotatable bonds is 7. The Bertz CT molecular complexity index is 915. The van der Waals surface area contributed by atoms with Crippen LogP contribution >= 0.6 is 0 Å². The maximum Gasteiger partial charge on any atom is 0.314 e. The van der Waals surface area contributed by atoms with Gasteiger partial charge in [-0.2, -0.15) is 12.8 Å². The Morgan fingerprint density at radius 3 is 2.35 bits per heavy atom. The summed E-state index contributed by atoms with van der Waals surface area (Å²) in [6.45, 7) is 2.55. The van der Waals surface area contributed by atoms with E-state index >= 15 is 0 Å². The van der Waals surface area contributed by atoms with E-state index in [-0.39, 0.29) is 4.90 Å². The molecule has 10 heteroatoms. The van der Waals surface area contributed by atoms with Crippen LogP contribution in [-0.4, -0.2) is 26.1 Å². The summed E-state index contributed by atoms with van der Waals surface area (Å²) in [7, 11) is -4.11. The van der Waals surface area contributed by atoms with Gasteiger partial charge in [0.25, 0.3) is 10.1 Å². The second-order valence-corrected chi connectivity index (χ2v) is 7.02. The predicted octanol–water partition coefficient (Wildman–Crippen LogP) is 3.35. The van der Waals surface area contributed by atoms with Crippen LogP contribution in [0.15, 0.2) is 41.3 Å². The number of hydrogen-bond acceptors (Lipinski definition) is 6. The molecule has 0 bridgehead atoms. The lowest BCUT2D eigenvalue weighted by molar-refractivity contribution is -0.386. The summed E-state index contributed by atoms with van der Waals surface area (Å²) in [5.74, 6) is -3.78. The lowest BCUT2D eigenvalue weighted by Gasteiger charge is -2.15. The fourth-order valence-electron chi connectivity index (χ4n) is 2.01. The Hall–Kier alpha value is -2.59. The molecule has 0 amide bonds. The van der Waals surface area contributed by atoms with Crippen LogP contribution in [-0.2, 0) is 14.3 Å². The van der Waals surface area contributed by atoms with Crippen molar-refractivity contribution in [2.45, 2.75) is 24.8 Å². The minimum absolute atomic E-state index is 0.0853. The van der Waals surface area contributed by atoms with E-state index in [4.69, 9.17) is 8.92 Å². The minimum Gasteiger partial charge on any atom is -0.482 e. The maximum atomic E-state index is 13.8. The summed E-state index contributed by atoms with van der Waals surface area (Å²) < 4.78 is 61.1. The summed E-state index contributed by atoms with van der Waals surface area (Å²) in [5, 5.41) is 10.9. The van der Waals surface area contributed by atoms with Gasteiger partial charge in [0.05, 0.1) is 9.82 Å². The van der Waals surface area contributed by atoms with Crippen LogP contribution < -0.4 is 4.74 Å². The molecule has 0 N–H and O–H groups in total. The number of nitro groups is 1. The van der Waals surface area contributed by atoms with Gasteiger partial charge in [0.15, 0.2) is 5.82 Å². The van der Waals surface area contributed by atoms with E-state index in [2.05, 4.69) is 0 Å². The van der Waals surface area contributed by atoms with E-state index in [9.17, 15) is 27.3 Å². The van der Waals surface area contributed by atoms with Gasteiger partial charge in [-0.1, -0.05) is 17.7 Å². The summed E-state index contributed by atoms with van der Waals surface area (Å²) in [6.07, 6.45) is -1.11. The van der Waals surface area contributed by atoms with Crippen LogP contribution in [0.4, 0.5) is 14.5 Å². The van der Waals surface area contributed by atoms with E-state index in [1.807, 2.05) is 0 Å². The first kappa shape index (κ1) is 19.7. The minimum atomic E-state index is -4.11. The maximum absolute atomic E-state index is 13.8. The molecular formula is C16H15F2NO6S. The number of nitro benzene ring substituents is 1. The van der Waals surface area contributed by atoms with E-state index in [1.165, 1.54) is 19.1 Å². The fraction of sp³-hybridized carbons (Fsp3) is 0.250. The number of ether oxygens (including phenoxy) is 1. The molecule has 2 aromatic carbocycles. The van der Waals surface area contributed by atoms with Gasteiger partial charge in [0.1, 0.15) is 12.7 Å². The lowest BCUT2D eigenvalue weighted by atomic mass is 10.2. The highest BCUT2D eigenvalue weighted by Gasteiger charge is 2.25. The highest BCUT2D eigenvalue weighted by Crippen LogP contribution is 2.31. The number of hydrogen-bond donors (Lipinski definition) is 0. The molecule has 0 saturated heterocycles. The summed E-state index contributed by atoms with van der Waals surface area (Å²) in [5.41, 5.74) is 0.0757. The molecule has 0 saturated carbocycles. The molecule has 0 aliphatic heterocycles. The van der Waals surface area contributed by atoms with Crippen LogP contribution in [0.2, 0.25) is 0 Å². The number of benzene rings is 2. The molecule has 0 unspecified atom stereocenters. The molecular weight excluding hydrogens is 372 g/mol. The second-order valence-electron chi connectivity index (χ2n) is 5.45. The Kier molecular flexibility index (Phi) is 5.88. The largest absolute Gasteiger partial charge is 0.482 e. The Morgan fingerprint density at radius 2 is 1.77 bits per heavy atom. The highest BCUT2D eigenvalue weighted by atomic mass is 32.2. The van der Waals surface area contributed by atoms with Gasteiger partial charge < -0.3 is 4.74 Å². The van der Waals surface area contributed by atoms with Crippen LogP contribution in [0, 0.1) is 28.7 Å². The molecule has 1 atom stereocenters. The van der Waals surface area contributed by atoms with Crippen LogP contribution in [0.3, 0.4) is 0 Å². The third-order valence-electron chi connectivity index (χ3n) is 3.29. The first-order valence-electron chi connectivity index (χ1n) is 7.37. The molecule has 0 spiro atoms. The molecule has 0 radical (unpaired) electrons. The average Bonchev–Trinajstić information content (AvgIpc) is 2.55. The van der Waals surface area contributed by atoms with Crippen molar-refractivity contribution >= 4 is 15.8 Å². The van der Waals surface area contributed by atoms with Crippen molar-refractivity contribution in [3.8, 4) is 5.75 Å². The Labute approximate surface area is 148 Å². The molecule has 26 heavy (non-hydrogen) atoms. The van der Waals surface area contributed by atoms with Crippen LogP contribution in [0.1, 0.15) is 12.5 Å². The molecule has 2 aromatic rings. The topological polar surface area (TPSA) is 95.7 Å². The van der Waals surface area contributed by atoms with E-state index < -0.39 is 50.8 Å². The number of aryl methyl sites for hydroxylation is 1. The van der Waals surface area contributed by atoms with E-state index in [0.29, 0.717) is 6.07 Å². The van der Waals surface area contributed by atoms with Crippen molar-refractivity contribution in [2.75, 3.05) is 6.61 Å². The standard InChI is InChI=1S/C16H15F2NO6S/c1-10-3-5-12(6-4-10)26(22,23)25-11(2)9-24-16-14(19(20)21)8-7-13(17)15(16)18/h3-8,11H,9H2,1-2H3/t11-/m0/s1. The zero-order valence-corrected chi connectivity index (χ0v) is 14.6. The summed E-state index contributed by atoms with van der Waals surface area (Å²) in [4.78, 5) is 9.86. The van der Waals surface area contributed by atoms with Gasteiger partial charge in [-0.25, -0.2) is 4.39 Å². The smallest absolute Gasteiger partial charge is 0.314 e. The van der Waals surface area contributed by atoms with Gasteiger partial charge in [0, 0.05) is 6.07 Å². The molecule has 0 aliphatic carbocycles. The van der Waals surface area contributed by atoms with Gasteiger partial charge in [-0.3, -0.25) is 14.3 Å². The zero-order valence-electron chi connectivity index (χ0n) is 13.8. The first-order valence-corrected chi connectivity index (χ1v) is 8.78. The monoisotopic (exact) mass is 387 g/mol. The lowest BCUT2D eigenvalue weighted by Crippen LogP contribution is -2.23. The molecule has 0 aromatic heterocycles. The SMILES string of the molecule is Cc1ccc(S(=O)(=O)O[C@@H](C)COc2c([N+](=O)[O-])ccc(F)c2F)cc1. The summed E-state index contributed by atoms with van der Waals surface area (Å²) >= 11 is 0. The van der Waals surface area contributed by atoms with Crippen molar-refractivity contribution in [2.24, 2.45) is 0 Å². The van der Waals surface area contributed by atoms with Gasteiger partial charge >= 0.3 is 5.69 Å². The van der Waals surface area contributed by atoms with Gasteiger partial charge in [-0.05, 0) is 32.0 Å². The normalized spacial score (nSPS) is 12.6. The van der Waals surface area contributed by atoms with Crippen molar-refractivity contribution in [3.63, 3.8) is 0 Å². The van der Waals surface area contributed by atoms with Crippen molar-refractivity contribution in [3.05, 3.63) is 63.7 Å². The van der Waals surface area contributed by atoms with Crippen LogP contribution in [0.5, 0.6) is 5.75 Å². The first-order chi connectivity index (χ1) is 12.1. The van der Waals surface area contributed by atoms with E-state index in [1.54, 1.807) is 19.1 Å². The van der Waals surface area contributed by atoms with Gasteiger partial charge in [-0.15, -0.1) is 0 Å². The van der Waals surface area contributed by atoms with Crippen molar-refractivity contribution in [1.29, 1.82) is 0 Å². The van der Waals surface area contributed by atoms with Crippen molar-refractivity contribution in [1.82, 2.24) is 0 Å². The van der Waals surface area contributed by atoms with Crippen LogP contribution in [0.25, 0.3) is 0 Å². The van der Waals surface area contributed by atoms with E-state index in [0.717, 1.165) is 11.6 Å². The molecule has 0 aliphatic rings. The predicted molar refractivity (Wildman–Crippen MR) is 87.4 cm³/mol. The highest BCUT2D eigenvalue weighted by molar-refractivity contribution is 7.86. The molecule has 7 nitrogen and oxygen atoms in total. The summed E-state index contributed by atoms with van der Waals surface area (Å²) in [6, 6.07) is 7.24. The second kappa shape index (κ2) is 7.75. The number of halogens is 2. The third kappa shape index (κ3) is 4.52. The average molecular weight is 387 g/mol. The molecule has 0 heterocycles. The molecule has 2 rings (SSSR count). The third-order valence-corrected chi connectivity index (χ3v) is 4.72. The molecule has 140 valence electrons. The zero-order chi connectivity index (χ0) is 19.5. The Morgan fingerprint density at radius 1 is 1.15 bits per heavy atom. The number of nitrogens with zero attached hydrogens (tertiary/aromatic N) is 1. The van der Waals surface area contributed by atoms with Crippen molar-refractivity contribution < 1.29 is 31.0 Å². The molecule has 0 fully saturated rings. The Balaban J connectivity index is 2.12.